The van der Waals surface area contributed by atoms with Crippen molar-refractivity contribution in [2.24, 2.45) is 0 Å². The van der Waals surface area contributed by atoms with Crippen LogP contribution in [0.5, 0.6) is 5.75 Å². The maximum Gasteiger partial charge on any atom is 0.330 e. The highest BCUT2D eigenvalue weighted by molar-refractivity contribution is 7.40. The second-order valence-electron chi connectivity index (χ2n) is 9.17. The van der Waals surface area contributed by atoms with Crippen LogP contribution in [0.1, 0.15) is 96.5 Å². The molecule has 2 unspecified atom stereocenters. The summed E-state index contributed by atoms with van der Waals surface area (Å²) >= 11 is 0. The quantitative estimate of drug-likeness (QED) is 0.0877. The summed E-state index contributed by atoms with van der Waals surface area (Å²) in [4.78, 5) is 21.8. The summed E-state index contributed by atoms with van der Waals surface area (Å²) in [5.74, 6) is 0.520. The van der Waals surface area contributed by atoms with Crippen LogP contribution < -0.4 is 10.1 Å². The van der Waals surface area contributed by atoms with Crippen molar-refractivity contribution in [3.63, 3.8) is 0 Å². The van der Waals surface area contributed by atoms with Gasteiger partial charge in [0.25, 0.3) is 0 Å². The topological polar surface area (TPSA) is 86.2 Å². The van der Waals surface area contributed by atoms with Gasteiger partial charge in [-0.25, -0.2) is 0 Å². The Hall–Kier alpha value is -1.24. The van der Waals surface area contributed by atoms with E-state index in [2.05, 4.69) is 12.2 Å². The van der Waals surface area contributed by atoms with Crippen molar-refractivity contribution in [2.45, 2.75) is 103 Å². The molecule has 8 heteroatoms. The van der Waals surface area contributed by atoms with Gasteiger partial charge in [0.2, 0.25) is 0 Å². The third-order valence-electron chi connectivity index (χ3n) is 5.89. The second-order valence-corrected chi connectivity index (χ2v) is 10.2. The molecule has 0 heterocycles. The smallest absolute Gasteiger partial charge is 0.330 e. The molecule has 2 atom stereocenters. The van der Waals surface area contributed by atoms with E-state index in [1.54, 1.807) is 14.0 Å². The van der Waals surface area contributed by atoms with Crippen LogP contribution in [0.25, 0.3) is 0 Å². The van der Waals surface area contributed by atoms with E-state index in [0.29, 0.717) is 26.2 Å². The average Bonchev–Trinajstić information content (AvgIpc) is 2.88. The Bertz CT molecular complexity index is 663. The van der Waals surface area contributed by atoms with Crippen LogP contribution in [0.15, 0.2) is 24.3 Å². The number of nitrogens with one attached hydrogen (secondary N) is 1. The number of esters is 1. The van der Waals surface area contributed by atoms with Gasteiger partial charge in [-0.05, 0) is 31.2 Å². The minimum atomic E-state index is -2.01. The van der Waals surface area contributed by atoms with E-state index in [0.717, 1.165) is 17.7 Å². The summed E-state index contributed by atoms with van der Waals surface area (Å²) in [6.07, 6.45) is 14.7. The minimum Gasteiger partial charge on any atom is -0.494 e. The first kappa shape index (κ1) is 32.8. The van der Waals surface area contributed by atoms with Crippen LogP contribution in [0.4, 0.5) is 0 Å². The second kappa shape index (κ2) is 22.9. The number of rotatable bonds is 24. The highest BCUT2D eigenvalue weighted by Gasteiger charge is 2.18. The zero-order chi connectivity index (χ0) is 26.3. The van der Waals surface area contributed by atoms with Gasteiger partial charge in [-0.2, -0.15) is 0 Å². The fourth-order valence-electron chi connectivity index (χ4n) is 3.80. The molecule has 0 aliphatic rings. The van der Waals surface area contributed by atoms with E-state index >= 15 is 0 Å². The van der Waals surface area contributed by atoms with Gasteiger partial charge in [-0.15, -0.1) is 0 Å². The Morgan fingerprint density at radius 1 is 0.944 bits per heavy atom. The standard InChI is InChI=1S/C28H50NO6P/c1-4-6-7-8-9-10-11-12-13-14-15-20-32-26-18-16-17-25(22-26)23-27(35-28(30)5-2)24-34-36(31)33-21-19-29-3/h16-18,22,27,29,31H,4-15,19-21,23-24H2,1-3H3. The Morgan fingerprint density at radius 2 is 1.61 bits per heavy atom. The molecule has 0 aromatic heterocycles. The predicted octanol–water partition coefficient (Wildman–Crippen LogP) is 6.71. The highest BCUT2D eigenvalue weighted by atomic mass is 31.2. The first-order chi connectivity index (χ1) is 17.6. The van der Waals surface area contributed by atoms with Crippen molar-refractivity contribution < 1.29 is 28.2 Å². The fourth-order valence-corrected chi connectivity index (χ4v) is 4.41. The van der Waals surface area contributed by atoms with Crippen molar-refractivity contribution >= 4 is 14.6 Å². The average molecular weight is 528 g/mol. The first-order valence-corrected chi connectivity index (χ1v) is 15.0. The summed E-state index contributed by atoms with van der Waals surface area (Å²) in [6.45, 7) is 5.74. The number of ether oxygens (including phenoxy) is 2. The summed E-state index contributed by atoms with van der Waals surface area (Å²) in [6, 6.07) is 7.86. The van der Waals surface area contributed by atoms with Crippen molar-refractivity contribution in [1.29, 1.82) is 0 Å². The molecule has 1 aromatic carbocycles. The predicted molar refractivity (Wildman–Crippen MR) is 147 cm³/mol. The molecule has 0 amide bonds. The molecule has 0 aliphatic carbocycles. The molecular formula is C28H50NO6P. The van der Waals surface area contributed by atoms with Crippen molar-refractivity contribution in [3.05, 3.63) is 29.8 Å². The van der Waals surface area contributed by atoms with Gasteiger partial charge in [0, 0.05) is 19.4 Å². The van der Waals surface area contributed by atoms with E-state index in [1.807, 2.05) is 24.3 Å². The van der Waals surface area contributed by atoms with Gasteiger partial charge >= 0.3 is 14.6 Å². The van der Waals surface area contributed by atoms with Gasteiger partial charge in [0.05, 0.1) is 19.8 Å². The maximum atomic E-state index is 11.9. The molecule has 7 nitrogen and oxygen atoms in total. The van der Waals surface area contributed by atoms with Crippen LogP contribution >= 0.6 is 8.60 Å². The summed E-state index contributed by atoms with van der Waals surface area (Å²) in [5.41, 5.74) is 0.988. The Labute approximate surface area is 220 Å². The Morgan fingerprint density at radius 3 is 2.25 bits per heavy atom. The third-order valence-corrected chi connectivity index (χ3v) is 6.66. The molecule has 0 aliphatic heterocycles. The lowest BCUT2D eigenvalue weighted by atomic mass is 10.1. The molecule has 36 heavy (non-hydrogen) atoms. The molecule has 0 saturated heterocycles. The van der Waals surface area contributed by atoms with Gasteiger partial charge in [0.15, 0.2) is 0 Å². The van der Waals surface area contributed by atoms with Gasteiger partial charge in [-0.1, -0.05) is 90.2 Å². The van der Waals surface area contributed by atoms with E-state index in [4.69, 9.17) is 18.5 Å². The normalized spacial score (nSPS) is 12.9. The Kier molecular flexibility index (Phi) is 20.9. The highest BCUT2D eigenvalue weighted by Crippen LogP contribution is 2.33. The molecule has 0 saturated carbocycles. The van der Waals surface area contributed by atoms with Crippen LogP contribution in [0, 0.1) is 0 Å². The van der Waals surface area contributed by atoms with Crippen LogP contribution in [-0.2, 0) is 25.0 Å². The summed E-state index contributed by atoms with van der Waals surface area (Å²) < 4.78 is 22.1. The van der Waals surface area contributed by atoms with E-state index in [-0.39, 0.29) is 19.0 Å². The molecular weight excluding hydrogens is 477 g/mol. The summed E-state index contributed by atoms with van der Waals surface area (Å²) in [7, 11) is -0.206. The van der Waals surface area contributed by atoms with Crippen LogP contribution in [0.3, 0.4) is 0 Å². The van der Waals surface area contributed by atoms with Crippen LogP contribution in [0.2, 0.25) is 0 Å². The largest absolute Gasteiger partial charge is 0.494 e. The molecule has 2 N–H and O–H groups in total. The van der Waals surface area contributed by atoms with Gasteiger partial charge in [0.1, 0.15) is 11.9 Å². The minimum absolute atomic E-state index is 0.0668. The van der Waals surface area contributed by atoms with Crippen LogP contribution in [-0.4, -0.2) is 50.4 Å². The lowest BCUT2D eigenvalue weighted by Gasteiger charge is -2.19. The van der Waals surface area contributed by atoms with Crippen molar-refractivity contribution in [2.75, 3.05) is 33.4 Å². The number of carbonyl (C=O) groups is 1. The van der Waals surface area contributed by atoms with Crippen molar-refractivity contribution in [3.8, 4) is 5.75 Å². The van der Waals surface area contributed by atoms with E-state index in [9.17, 15) is 9.69 Å². The van der Waals surface area contributed by atoms with E-state index in [1.165, 1.54) is 64.2 Å². The van der Waals surface area contributed by atoms with E-state index < -0.39 is 14.7 Å². The molecule has 208 valence electrons. The summed E-state index contributed by atoms with van der Waals surface area (Å²) in [5, 5.41) is 2.94. The zero-order valence-corrected chi connectivity index (χ0v) is 23.7. The SMILES string of the molecule is CCCCCCCCCCCCCOc1cccc(CC(COP(O)OCCNC)OC(=O)CC)c1. The number of hydrogen-bond acceptors (Lipinski definition) is 7. The molecule has 0 spiro atoms. The van der Waals surface area contributed by atoms with Gasteiger partial charge < -0.3 is 28.7 Å². The third kappa shape index (κ3) is 18.1. The molecule has 1 rings (SSSR count). The lowest BCUT2D eigenvalue weighted by Crippen LogP contribution is -2.25. The number of unbranched alkanes of at least 4 members (excludes halogenated alkanes) is 10. The zero-order valence-electron chi connectivity index (χ0n) is 22.8. The number of hydrogen-bond donors (Lipinski definition) is 2. The Balaban J connectivity index is 2.32. The molecule has 0 fully saturated rings. The molecule has 0 bridgehead atoms. The fraction of sp³-hybridized carbons (Fsp3) is 0.750. The van der Waals surface area contributed by atoms with Crippen molar-refractivity contribution in [1.82, 2.24) is 5.32 Å². The number of likely N-dealkylation sites (N-methyl/N-ethyl adjacent to an activating group) is 1. The lowest BCUT2D eigenvalue weighted by molar-refractivity contribution is -0.150. The molecule has 1 aromatic rings. The molecule has 0 radical (unpaired) electrons. The monoisotopic (exact) mass is 527 g/mol. The first-order valence-electron chi connectivity index (χ1n) is 13.9. The number of carbonyl (C=O) groups excluding carboxylic acids is 1. The van der Waals surface area contributed by atoms with Gasteiger partial charge in [-0.3, -0.25) is 4.79 Å². The maximum absolute atomic E-state index is 11.9. The number of benzene rings is 1.